The number of carbonyl (C=O) groups is 1. The molecule has 2 aromatic rings. The Hall–Kier alpha value is -1.06. The van der Waals surface area contributed by atoms with E-state index in [2.05, 4.69) is 6.07 Å². The van der Waals surface area contributed by atoms with Crippen molar-refractivity contribution in [3.8, 4) is 0 Å². The molecule has 1 amide bonds. The van der Waals surface area contributed by atoms with Gasteiger partial charge in [0.25, 0.3) is 0 Å². The van der Waals surface area contributed by atoms with Crippen molar-refractivity contribution in [3.63, 3.8) is 0 Å². The molecule has 1 heterocycles. The topological polar surface area (TPSA) is 20.3 Å². The van der Waals surface area contributed by atoms with Crippen molar-refractivity contribution in [2.75, 3.05) is 13.1 Å². The number of benzene rings is 1. The molecule has 1 aromatic carbocycles. The number of halogens is 1. The molecular formula is C14H16ClNOS. The van der Waals surface area contributed by atoms with E-state index in [-0.39, 0.29) is 5.91 Å². The number of hydrogen-bond donors (Lipinski definition) is 0. The van der Waals surface area contributed by atoms with E-state index in [4.69, 9.17) is 11.6 Å². The Morgan fingerprint density at radius 1 is 1.33 bits per heavy atom. The van der Waals surface area contributed by atoms with Gasteiger partial charge in [0, 0.05) is 17.8 Å². The number of thiophene rings is 1. The van der Waals surface area contributed by atoms with E-state index < -0.39 is 5.38 Å². The molecule has 0 saturated heterocycles. The van der Waals surface area contributed by atoms with Crippen molar-refractivity contribution in [2.45, 2.75) is 19.2 Å². The fourth-order valence-corrected chi connectivity index (χ4v) is 3.40. The smallest absolute Gasteiger partial charge is 0.245 e. The van der Waals surface area contributed by atoms with Gasteiger partial charge in [-0.2, -0.15) is 0 Å². The average Bonchev–Trinajstić information content (AvgIpc) is 2.83. The fourth-order valence-electron chi connectivity index (χ4n) is 2.02. The third-order valence-corrected chi connectivity index (χ3v) is 4.48. The lowest BCUT2D eigenvalue weighted by Gasteiger charge is -2.21. The molecule has 0 spiro atoms. The van der Waals surface area contributed by atoms with E-state index in [1.165, 1.54) is 4.70 Å². The molecule has 0 radical (unpaired) electrons. The molecule has 0 saturated carbocycles. The maximum absolute atomic E-state index is 12.2. The van der Waals surface area contributed by atoms with Gasteiger partial charge in [-0.1, -0.05) is 18.2 Å². The first-order chi connectivity index (χ1) is 8.69. The molecule has 1 atom stereocenters. The Balaban J connectivity index is 2.33. The first kappa shape index (κ1) is 13.4. The van der Waals surface area contributed by atoms with Crippen molar-refractivity contribution in [1.82, 2.24) is 4.90 Å². The first-order valence-electron chi connectivity index (χ1n) is 6.08. The summed E-state index contributed by atoms with van der Waals surface area (Å²) in [4.78, 5) is 14.0. The number of fused-ring (bicyclic) bond motifs is 1. The minimum atomic E-state index is -0.582. The van der Waals surface area contributed by atoms with E-state index in [9.17, 15) is 4.79 Å². The minimum Gasteiger partial charge on any atom is -0.342 e. The van der Waals surface area contributed by atoms with Crippen molar-refractivity contribution in [2.24, 2.45) is 0 Å². The van der Waals surface area contributed by atoms with Crippen LogP contribution in [-0.4, -0.2) is 23.9 Å². The quantitative estimate of drug-likeness (QED) is 0.774. The first-order valence-corrected chi connectivity index (χ1v) is 7.39. The fraction of sp³-hybridized carbons (Fsp3) is 0.357. The van der Waals surface area contributed by atoms with E-state index in [1.54, 1.807) is 16.2 Å². The molecule has 96 valence electrons. The molecule has 2 rings (SSSR count). The van der Waals surface area contributed by atoms with Gasteiger partial charge in [-0.3, -0.25) is 4.79 Å². The summed E-state index contributed by atoms with van der Waals surface area (Å²) in [6.07, 6.45) is 0. The highest BCUT2D eigenvalue weighted by Gasteiger charge is 2.24. The summed E-state index contributed by atoms with van der Waals surface area (Å²) in [6, 6.07) is 8.04. The van der Waals surface area contributed by atoms with Crippen LogP contribution in [0, 0.1) is 0 Å². The lowest BCUT2D eigenvalue weighted by Crippen LogP contribution is -2.33. The van der Waals surface area contributed by atoms with E-state index in [1.807, 2.05) is 37.4 Å². The van der Waals surface area contributed by atoms with Crippen LogP contribution in [0.1, 0.15) is 24.8 Å². The van der Waals surface area contributed by atoms with Crippen LogP contribution in [0.3, 0.4) is 0 Å². The number of alkyl halides is 1. The molecule has 2 nitrogen and oxygen atoms in total. The Kier molecular flexibility index (Phi) is 4.25. The van der Waals surface area contributed by atoms with E-state index in [0.29, 0.717) is 13.1 Å². The molecule has 1 unspecified atom stereocenters. The second-order valence-electron chi connectivity index (χ2n) is 4.06. The monoisotopic (exact) mass is 281 g/mol. The minimum absolute atomic E-state index is 0.00906. The van der Waals surface area contributed by atoms with Crippen LogP contribution in [0.5, 0.6) is 0 Å². The van der Waals surface area contributed by atoms with Crippen molar-refractivity contribution >= 4 is 38.9 Å². The largest absolute Gasteiger partial charge is 0.342 e. The summed E-state index contributed by atoms with van der Waals surface area (Å²) in [5, 5.41) is 2.49. The molecule has 0 aliphatic heterocycles. The van der Waals surface area contributed by atoms with Gasteiger partial charge in [0.15, 0.2) is 0 Å². The SMILES string of the molecule is CCN(CC)C(=O)C(Cl)c1csc2ccccc12. The van der Waals surface area contributed by atoms with Gasteiger partial charge in [0.2, 0.25) is 5.91 Å². The summed E-state index contributed by atoms with van der Waals surface area (Å²) in [5.74, 6) is -0.00906. The van der Waals surface area contributed by atoms with Crippen LogP contribution >= 0.6 is 22.9 Å². The Morgan fingerprint density at radius 3 is 2.67 bits per heavy atom. The number of hydrogen-bond acceptors (Lipinski definition) is 2. The Morgan fingerprint density at radius 2 is 2.00 bits per heavy atom. The zero-order valence-corrected chi connectivity index (χ0v) is 12.1. The summed E-state index contributed by atoms with van der Waals surface area (Å²) in [6.45, 7) is 5.33. The summed E-state index contributed by atoms with van der Waals surface area (Å²) in [7, 11) is 0. The van der Waals surface area contributed by atoms with Gasteiger partial charge >= 0.3 is 0 Å². The van der Waals surface area contributed by atoms with Crippen LogP contribution in [0.4, 0.5) is 0 Å². The predicted octanol–water partition coefficient (Wildman–Crippen LogP) is 4.05. The van der Waals surface area contributed by atoms with Crippen molar-refractivity contribution in [1.29, 1.82) is 0 Å². The normalized spacial score (nSPS) is 12.6. The Bertz CT molecular complexity index is 547. The zero-order valence-electron chi connectivity index (χ0n) is 10.5. The molecule has 0 fully saturated rings. The highest BCUT2D eigenvalue weighted by Crippen LogP contribution is 2.34. The molecule has 0 bridgehead atoms. The average molecular weight is 282 g/mol. The van der Waals surface area contributed by atoms with Gasteiger partial charge in [0.05, 0.1) is 0 Å². The zero-order chi connectivity index (χ0) is 13.1. The number of rotatable bonds is 4. The molecule has 0 N–H and O–H groups in total. The van der Waals surface area contributed by atoms with Gasteiger partial charge in [0.1, 0.15) is 5.38 Å². The van der Waals surface area contributed by atoms with Crippen molar-refractivity contribution < 1.29 is 4.79 Å². The summed E-state index contributed by atoms with van der Waals surface area (Å²) >= 11 is 7.98. The highest BCUT2D eigenvalue weighted by atomic mass is 35.5. The standard InChI is InChI=1S/C14H16ClNOS/c1-3-16(4-2)14(17)13(15)11-9-18-12-8-6-5-7-10(11)12/h5-9,13H,3-4H2,1-2H3. The van der Waals surface area contributed by atoms with E-state index >= 15 is 0 Å². The second kappa shape index (κ2) is 5.72. The lowest BCUT2D eigenvalue weighted by atomic mass is 10.1. The Labute approximate surface area is 116 Å². The van der Waals surface area contributed by atoms with Crippen LogP contribution in [0.2, 0.25) is 0 Å². The van der Waals surface area contributed by atoms with Gasteiger partial charge in [-0.15, -0.1) is 22.9 Å². The third-order valence-electron chi connectivity index (χ3n) is 3.08. The molecule has 0 aliphatic carbocycles. The number of likely N-dealkylation sites (N-methyl/N-ethyl adjacent to an activating group) is 1. The van der Waals surface area contributed by atoms with Gasteiger partial charge < -0.3 is 4.90 Å². The van der Waals surface area contributed by atoms with Crippen molar-refractivity contribution in [3.05, 3.63) is 35.2 Å². The maximum Gasteiger partial charge on any atom is 0.245 e. The van der Waals surface area contributed by atoms with E-state index in [0.717, 1.165) is 10.9 Å². The molecule has 18 heavy (non-hydrogen) atoms. The van der Waals surface area contributed by atoms with Gasteiger partial charge in [-0.25, -0.2) is 0 Å². The predicted molar refractivity (Wildman–Crippen MR) is 78.3 cm³/mol. The molecule has 1 aromatic heterocycles. The third kappa shape index (κ3) is 2.38. The summed E-state index contributed by atoms with van der Waals surface area (Å²) in [5.41, 5.74) is 0.925. The summed E-state index contributed by atoms with van der Waals surface area (Å²) < 4.78 is 1.17. The molecule has 4 heteroatoms. The molecule has 0 aliphatic rings. The number of carbonyl (C=O) groups excluding carboxylic acids is 1. The number of amides is 1. The molecular weight excluding hydrogens is 266 g/mol. The maximum atomic E-state index is 12.2. The second-order valence-corrected chi connectivity index (χ2v) is 5.41. The lowest BCUT2D eigenvalue weighted by molar-refractivity contribution is -0.130. The number of nitrogens with zero attached hydrogens (tertiary/aromatic N) is 1. The van der Waals surface area contributed by atoms with Gasteiger partial charge in [-0.05, 0) is 36.2 Å². The van der Waals surface area contributed by atoms with Crippen LogP contribution in [-0.2, 0) is 4.79 Å². The van der Waals surface area contributed by atoms with Crippen LogP contribution in [0.25, 0.3) is 10.1 Å². The van der Waals surface area contributed by atoms with Crippen LogP contribution in [0.15, 0.2) is 29.6 Å². The van der Waals surface area contributed by atoms with Crippen LogP contribution < -0.4 is 0 Å². The highest BCUT2D eigenvalue weighted by molar-refractivity contribution is 7.17.